The quantitative estimate of drug-likeness (QED) is 0.758. The molecule has 0 unspecified atom stereocenters. The number of allylic oxidation sites excluding steroid dienone is 1. The van der Waals surface area contributed by atoms with Crippen molar-refractivity contribution < 1.29 is 9.47 Å². The molecule has 2 nitrogen and oxygen atoms in total. The van der Waals surface area contributed by atoms with Crippen molar-refractivity contribution in [1.82, 2.24) is 0 Å². The molecule has 17 heavy (non-hydrogen) atoms. The van der Waals surface area contributed by atoms with Gasteiger partial charge < -0.3 is 9.47 Å². The van der Waals surface area contributed by atoms with Crippen molar-refractivity contribution in [3.63, 3.8) is 0 Å². The second-order valence-corrected chi connectivity index (χ2v) is 4.93. The smallest absolute Gasteiger partial charge is 0.172 e. The van der Waals surface area contributed by atoms with Crippen LogP contribution in [0.2, 0.25) is 5.02 Å². The van der Waals surface area contributed by atoms with Gasteiger partial charge in [0.2, 0.25) is 0 Å². The largest absolute Gasteiger partial charge is 0.347 e. The number of halogens is 1. The molecule has 0 saturated carbocycles. The third-order valence-electron chi connectivity index (χ3n) is 3.47. The van der Waals surface area contributed by atoms with Gasteiger partial charge in [0.05, 0.1) is 13.2 Å². The molecule has 0 amide bonds. The molecule has 1 aromatic rings. The maximum absolute atomic E-state index is 6.21. The fourth-order valence-electron chi connectivity index (χ4n) is 2.53. The molecule has 0 bridgehead atoms. The molecule has 1 aliphatic heterocycles. The molecule has 0 aromatic heterocycles. The molecule has 3 heteroatoms. The molecule has 1 saturated heterocycles. The Balaban J connectivity index is 1.83. The van der Waals surface area contributed by atoms with Crippen LogP contribution >= 0.6 is 11.6 Å². The molecule has 2 aliphatic rings. The van der Waals surface area contributed by atoms with Gasteiger partial charge >= 0.3 is 0 Å². The van der Waals surface area contributed by atoms with Crippen molar-refractivity contribution in [2.75, 3.05) is 13.2 Å². The summed E-state index contributed by atoms with van der Waals surface area (Å²) in [7, 11) is 0. The number of ether oxygens (including phenoxy) is 2. The lowest BCUT2D eigenvalue weighted by Gasteiger charge is -2.30. The third-order valence-corrected chi connectivity index (χ3v) is 3.80. The first-order chi connectivity index (χ1) is 8.29. The highest BCUT2D eigenvalue weighted by molar-refractivity contribution is 6.32. The molecule has 3 rings (SSSR count). The summed E-state index contributed by atoms with van der Waals surface area (Å²) in [6.07, 6.45) is 4.91. The molecular weight excluding hydrogens is 236 g/mol. The fraction of sp³-hybridized carbons (Fsp3) is 0.429. The normalized spacial score (nSPS) is 22.8. The summed E-state index contributed by atoms with van der Waals surface area (Å²) in [4.78, 5) is 0. The van der Waals surface area contributed by atoms with Gasteiger partial charge in [0.25, 0.3) is 0 Å². The predicted octanol–water partition coefficient (Wildman–Crippen LogP) is 3.65. The average molecular weight is 251 g/mol. The zero-order valence-electron chi connectivity index (χ0n) is 9.62. The monoisotopic (exact) mass is 250 g/mol. The highest BCUT2D eigenvalue weighted by Crippen LogP contribution is 2.39. The number of rotatable bonds is 1. The van der Waals surface area contributed by atoms with Gasteiger partial charge in [-0.1, -0.05) is 35.9 Å². The number of hydrogen-bond acceptors (Lipinski definition) is 2. The molecular formula is C14H15ClO2. The van der Waals surface area contributed by atoms with E-state index in [9.17, 15) is 0 Å². The summed E-state index contributed by atoms with van der Waals surface area (Å²) >= 11 is 6.21. The SMILES string of the molecule is Clc1ccccc1C1=CCC2(CC1)OCCO2. The van der Waals surface area contributed by atoms with E-state index in [1.807, 2.05) is 18.2 Å². The van der Waals surface area contributed by atoms with Crippen LogP contribution in [0.1, 0.15) is 24.8 Å². The van der Waals surface area contributed by atoms with E-state index < -0.39 is 0 Å². The highest BCUT2D eigenvalue weighted by atomic mass is 35.5. The number of hydrogen-bond donors (Lipinski definition) is 0. The maximum atomic E-state index is 6.21. The van der Waals surface area contributed by atoms with Crippen LogP contribution in [0.4, 0.5) is 0 Å². The maximum Gasteiger partial charge on any atom is 0.172 e. The van der Waals surface area contributed by atoms with Crippen molar-refractivity contribution in [3.05, 3.63) is 40.9 Å². The highest BCUT2D eigenvalue weighted by Gasteiger charge is 2.37. The van der Waals surface area contributed by atoms with Crippen LogP contribution in [0.15, 0.2) is 30.3 Å². The molecule has 0 atom stereocenters. The Morgan fingerprint density at radius 2 is 1.88 bits per heavy atom. The van der Waals surface area contributed by atoms with Crippen molar-refractivity contribution in [2.45, 2.75) is 25.0 Å². The van der Waals surface area contributed by atoms with E-state index in [0.717, 1.165) is 43.1 Å². The van der Waals surface area contributed by atoms with E-state index in [1.165, 1.54) is 5.57 Å². The Labute approximate surface area is 106 Å². The van der Waals surface area contributed by atoms with Crippen LogP contribution in [-0.4, -0.2) is 19.0 Å². The summed E-state index contributed by atoms with van der Waals surface area (Å²) in [6, 6.07) is 7.99. The van der Waals surface area contributed by atoms with Gasteiger partial charge in [-0.3, -0.25) is 0 Å². The van der Waals surface area contributed by atoms with Gasteiger partial charge in [-0.15, -0.1) is 0 Å². The summed E-state index contributed by atoms with van der Waals surface area (Å²) in [6.45, 7) is 1.44. The van der Waals surface area contributed by atoms with Crippen LogP contribution in [0.3, 0.4) is 0 Å². The first kappa shape index (κ1) is 11.3. The molecule has 1 fully saturated rings. The molecule has 1 aliphatic carbocycles. The molecule has 0 radical (unpaired) electrons. The van der Waals surface area contributed by atoms with Crippen LogP contribution in [-0.2, 0) is 9.47 Å². The van der Waals surface area contributed by atoms with E-state index >= 15 is 0 Å². The van der Waals surface area contributed by atoms with E-state index in [0.29, 0.717) is 0 Å². The van der Waals surface area contributed by atoms with E-state index in [2.05, 4.69) is 12.1 Å². The van der Waals surface area contributed by atoms with Crippen LogP contribution < -0.4 is 0 Å². The van der Waals surface area contributed by atoms with Crippen molar-refractivity contribution >= 4 is 17.2 Å². The first-order valence-corrected chi connectivity index (χ1v) is 6.39. The summed E-state index contributed by atoms with van der Waals surface area (Å²) in [5.74, 6) is -0.343. The minimum absolute atomic E-state index is 0.343. The zero-order chi connectivity index (χ0) is 11.7. The van der Waals surface area contributed by atoms with Gasteiger partial charge in [0, 0.05) is 17.9 Å². The molecule has 1 heterocycles. The second-order valence-electron chi connectivity index (χ2n) is 4.52. The molecule has 0 N–H and O–H groups in total. The van der Waals surface area contributed by atoms with Crippen LogP contribution in [0, 0.1) is 0 Å². The number of benzene rings is 1. The molecule has 1 aromatic carbocycles. The lowest BCUT2D eigenvalue weighted by atomic mass is 9.90. The van der Waals surface area contributed by atoms with Crippen LogP contribution in [0.5, 0.6) is 0 Å². The lowest BCUT2D eigenvalue weighted by molar-refractivity contribution is -0.159. The van der Waals surface area contributed by atoms with Gasteiger partial charge in [0.1, 0.15) is 0 Å². The average Bonchev–Trinajstić information content (AvgIpc) is 2.80. The van der Waals surface area contributed by atoms with Gasteiger partial charge in [-0.2, -0.15) is 0 Å². The summed E-state index contributed by atoms with van der Waals surface area (Å²) in [5, 5.41) is 0.822. The van der Waals surface area contributed by atoms with E-state index in [4.69, 9.17) is 21.1 Å². The zero-order valence-corrected chi connectivity index (χ0v) is 10.4. The van der Waals surface area contributed by atoms with Gasteiger partial charge in [-0.05, 0) is 23.6 Å². The van der Waals surface area contributed by atoms with Crippen LogP contribution in [0.25, 0.3) is 5.57 Å². The third kappa shape index (κ3) is 2.13. The van der Waals surface area contributed by atoms with E-state index in [-0.39, 0.29) is 5.79 Å². The van der Waals surface area contributed by atoms with Crippen molar-refractivity contribution in [3.8, 4) is 0 Å². The minimum Gasteiger partial charge on any atom is -0.347 e. The topological polar surface area (TPSA) is 18.5 Å². The molecule has 1 spiro atoms. The first-order valence-electron chi connectivity index (χ1n) is 6.01. The predicted molar refractivity (Wildman–Crippen MR) is 67.9 cm³/mol. The minimum atomic E-state index is -0.343. The standard InChI is InChI=1S/C14H15ClO2/c15-13-4-2-1-3-12(13)11-5-7-14(8-6-11)16-9-10-17-14/h1-5H,6-10H2. The fourth-order valence-corrected chi connectivity index (χ4v) is 2.79. The Hall–Kier alpha value is -0.830. The van der Waals surface area contributed by atoms with Gasteiger partial charge in [-0.25, -0.2) is 0 Å². The van der Waals surface area contributed by atoms with Crippen molar-refractivity contribution in [1.29, 1.82) is 0 Å². The summed E-state index contributed by atoms with van der Waals surface area (Å²) < 4.78 is 11.4. The van der Waals surface area contributed by atoms with E-state index in [1.54, 1.807) is 0 Å². The Bertz CT molecular complexity index is 447. The molecule has 90 valence electrons. The Kier molecular flexibility index (Phi) is 2.95. The second kappa shape index (κ2) is 4.45. The lowest BCUT2D eigenvalue weighted by Crippen LogP contribution is -2.31. The van der Waals surface area contributed by atoms with Crippen molar-refractivity contribution in [2.24, 2.45) is 0 Å². The van der Waals surface area contributed by atoms with Gasteiger partial charge in [0.15, 0.2) is 5.79 Å². The summed E-state index contributed by atoms with van der Waals surface area (Å²) in [5.41, 5.74) is 2.45. The Morgan fingerprint density at radius 3 is 2.53 bits per heavy atom. The Morgan fingerprint density at radius 1 is 1.12 bits per heavy atom.